The molecule has 0 aliphatic carbocycles. The Balaban J connectivity index is 4.05. The second-order valence-corrected chi connectivity index (χ2v) is 22.8. The molecule has 3 N–H and O–H groups in total. The minimum Gasteiger partial charge on any atom is -0.387 e. The summed E-state index contributed by atoms with van der Waals surface area (Å²) in [5.41, 5.74) is 0. The number of amides is 1. The zero-order valence-electron chi connectivity index (χ0n) is 47.7. The van der Waals surface area contributed by atoms with Crippen LogP contribution in [0.4, 0.5) is 0 Å². The minimum absolute atomic E-state index is 0.0548. The van der Waals surface area contributed by atoms with Crippen molar-refractivity contribution in [1.29, 1.82) is 0 Å². The van der Waals surface area contributed by atoms with E-state index in [0.717, 1.165) is 70.6 Å². The molecule has 1 amide bonds. The Bertz CT molecular complexity index is 1450. The zero-order chi connectivity index (χ0) is 52.7. The number of likely N-dealkylation sites (N-methyl/N-ethyl adjacent to an activating group) is 1. The van der Waals surface area contributed by atoms with Crippen LogP contribution in [0.25, 0.3) is 0 Å². The van der Waals surface area contributed by atoms with E-state index in [9.17, 15) is 19.4 Å². The van der Waals surface area contributed by atoms with E-state index in [0.29, 0.717) is 17.4 Å². The predicted octanol–water partition coefficient (Wildman–Crippen LogP) is 18.4. The molecule has 0 aliphatic heterocycles. The average Bonchev–Trinajstić information content (AvgIpc) is 3.34. The van der Waals surface area contributed by atoms with Crippen LogP contribution < -0.4 is 5.32 Å². The van der Waals surface area contributed by atoms with E-state index in [2.05, 4.69) is 92.1 Å². The van der Waals surface area contributed by atoms with Crippen LogP contribution in [0.2, 0.25) is 0 Å². The number of hydrogen-bond donors (Lipinski definition) is 3. The fraction of sp³-hybridized carbons (Fsp3) is 0.762. The average molecular weight is 1030 g/mol. The second-order valence-electron chi connectivity index (χ2n) is 21.3. The van der Waals surface area contributed by atoms with E-state index < -0.39 is 20.0 Å². The lowest BCUT2D eigenvalue weighted by atomic mass is 10.0. The lowest BCUT2D eigenvalue weighted by molar-refractivity contribution is -0.870. The quantitative estimate of drug-likeness (QED) is 0.0243. The number of unbranched alkanes of at least 4 members (excludes halogenated alkanes) is 29. The molecule has 0 saturated heterocycles. The van der Waals surface area contributed by atoms with Crippen molar-refractivity contribution < 1.29 is 32.9 Å². The molecule has 0 saturated carbocycles. The first-order valence-electron chi connectivity index (χ1n) is 30.0. The van der Waals surface area contributed by atoms with Gasteiger partial charge in [0.2, 0.25) is 5.91 Å². The normalized spacial score (nSPS) is 14.5. The van der Waals surface area contributed by atoms with Gasteiger partial charge in [-0.15, -0.1) is 0 Å². The van der Waals surface area contributed by atoms with Crippen LogP contribution in [0.3, 0.4) is 0 Å². The molecule has 0 radical (unpaired) electrons. The maximum atomic E-state index is 13.0. The van der Waals surface area contributed by atoms with Crippen LogP contribution in [0, 0.1) is 0 Å². The number of quaternary nitrogens is 1. The molecule has 0 aromatic rings. The van der Waals surface area contributed by atoms with Gasteiger partial charge in [0.15, 0.2) is 0 Å². The highest BCUT2D eigenvalue weighted by Crippen LogP contribution is 2.43. The second kappa shape index (κ2) is 53.5. The lowest BCUT2D eigenvalue weighted by Gasteiger charge is -2.25. The summed E-state index contributed by atoms with van der Waals surface area (Å²) < 4.78 is 23.7. The molecular formula is C63H116N2O6P+. The zero-order valence-corrected chi connectivity index (χ0v) is 48.5. The van der Waals surface area contributed by atoms with Crippen LogP contribution in [-0.2, 0) is 18.4 Å². The van der Waals surface area contributed by atoms with Crippen LogP contribution in [0.1, 0.15) is 258 Å². The molecule has 9 heteroatoms. The molecule has 8 nitrogen and oxygen atoms in total. The van der Waals surface area contributed by atoms with Crippen molar-refractivity contribution in [2.75, 3.05) is 40.9 Å². The monoisotopic (exact) mass is 1030 g/mol. The Morgan fingerprint density at radius 2 is 0.847 bits per heavy atom. The van der Waals surface area contributed by atoms with Gasteiger partial charge in [0, 0.05) is 6.42 Å². The molecule has 418 valence electrons. The van der Waals surface area contributed by atoms with Crippen LogP contribution in [0.15, 0.2) is 85.1 Å². The molecule has 0 aromatic carbocycles. The number of phosphoric acid groups is 1. The van der Waals surface area contributed by atoms with Gasteiger partial charge in [-0.1, -0.05) is 259 Å². The third-order valence-corrected chi connectivity index (χ3v) is 14.1. The summed E-state index contributed by atoms with van der Waals surface area (Å²) in [6.45, 7) is 4.69. The SMILES string of the molecule is CC/C=C\C/C=C\C/C=C\C/C=C\C/C=C\CCCCCCCCCCCCCCCCCCCCCC(=O)NC(COP(=O)(O)OCC[N+](C)(C)C)C(O)/C=C/CC/C=C/CCCCCCCCCCC. The van der Waals surface area contributed by atoms with Gasteiger partial charge in [-0.3, -0.25) is 13.8 Å². The smallest absolute Gasteiger partial charge is 0.387 e. The van der Waals surface area contributed by atoms with Gasteiger partial charge in [-0.25, -0.2) is 4.57 Å². The fourth-order valence-corrected chi connectivity index (χ4v) is 9.17. The number of rotatable bonds is 54. The predicted molar refractivity (Wildman–Crippen MR) is 313 cm³/mol. The third-order valence-electron chi connectivity index (χ3n) is 13.1. The van der Waals surface area contributed by atoms with Crippen molar-refractivity contribution in [3.8, 4) is 0 Å². The summed E-state index contributed by atoms with van der Waals surface area (Å²) in [5.74, 6) is -0.186. The van der Waals surface area contributed by atoms with Crippen LogP contribution in [-0.4, -0.2) is 73.4 Å². The fourth-order valence-electron chi connectivity index (χ4n) is 8.44. The number of carbonyl (C=O) groups excluding carboxylic acids is 1. The Morgan fingerprint density at radius 1 is 0.486 bits per heavy atom. The number of aliphatic hydroxyl groups excluding tert-OH is 1. The van der Waals surface area contributed by atoms with Gasteiger partial charge in [-0.2, -0.15) is 0 Å². The van der Waals surface area contributed by atoms with Crippen molar-refractivity contribution in [3.63, 3.8) is 0 Å². The van der Waals surface area contributed by atoms with E-state index in [4.69, 9.17) is 9.05 Å². The summed E-state index contributed by atoms with van der Waals surface area (Å²) >= 11 is 0. The number of nitrogens with one attached hydrogen (secondary N) is 1. The largest absolute Gasteiger partial charge is 0.472 e. The molecule has 0 bridgehead atoms. The van der Waals surface area contributed by atoms with Gasteiger partial charge >= 0.3 is 7.82 Å². The number of aliphatic hydroxyl groups is 1. The highest BCUT2D eigenvalue weighted by atomic mass is 31.2. The Labute approximate surface area is 446 Å². The van der Waals surface area contributed by atoms with Crippen molar-refractivity contribution in [2.45, 2.75) is 270 Å². The molecular weight excluding hydrogens is 912 g/mol. The number of phosphoric ester groups is 1. The first-order chi connectivity index (χ1) is 35.0. The molecule has 0 aliphatic rings. The summed E-state index contributed by atoms with van der Waals surface area (Å²) in [6.07, 6.45) is 75.6. The number of nitrogens with zero attached hydrogens (tertiary/aromatic N) is 1. The Hall–Kier alpha value is -2.32. The minimum atomic E-state index is -4.36. The molecule has 3 unspecified atom stereocenters. The highest BCUT2D eigenvalue weighted by molar-refractivity contribution is 7.47. The number of hydrogen-bond acceptors (Lipinski definition) is 5. The van der Waals surface area contributed by atoms with Crippen molar-refractivity contribution in [3.05, 3.63) is 85.1 Å². The Morgan fingerprint density at radius 3 is 1.28 bits per heavy atom. The Kier molecular flexibility index (Phi) is 51.8. The summed E-state index contributed by atoms with van der Waals surface area (Å²) in [4.78, 5) is 23.3. The van der Waals surface area contributed by atoms with E-state index in [1.54, 1.807) is 6.08 Å². The van der Waals surface area contributed by atoms with E-state index in [-0.39, 0.29) is 19.1 Å². The van der Waals surface area contributed by atoms with Crippen molar-refractivity contribution in [2.24, 2.45) is 0 Å². The summed E-state index contributed by atoms with van der Waals surface area (Å²) in [5, 5.41) is 13.9. The van der Waals surface area contributed by atoms with E-state index in [1.807, 2.05) is 27.2 Å². The number of carbonyl (C=O) groups is 1. The topological polar surface area (TPSA) is 105 Å². The maximum Gasteiger partial charge on any atom is 0.472 e. The first kappa shape index (κ1) is 69.7. The highest BCUT2D eigenvalue weighted by Gasteiger charge is 2.27. The van der Waals surface area contributed by atoms with Crippen molar-refractivity contribution in [1.82, 2.24) is 5.32 Å². The molecule has 0 spiro atoms. The third kappa shape index (κ3) is 55.4. The van der Waals surface area contributed by atoms with Gasteiger partial charge < -0.3 is 19.8 Å². The van der Waals surface area contributed by atoms with E-state index in [1.165, 1.54) is 167 Å². The summed E-state index contributed by atoms with van der Waals surface area (Å²) in [6, 6.07) is -0.865. The molecule has 0 aromatic heterocycles. The molecule has 72 heavy (non-hydrogen) atoms. The van der Waals surface area contributed by atoms with Gasteiger partial charge in [-0.05, 0) is 77.0 Å². The maximum absolute atomic E-state index is 13.0. The van der Waals surface area contributed by atoms with Gasteiger partial charge in [0.05, 0.1) is 39.9 Å². The lowest BCUT2D eigenvalue weighted by Crippen LogP contribution is -2.45. The standard InChI is InChI=1S/C63H115N2O6P/c1-6-8-10-12-14-16-18-20-22-23-24-25-26-27-28-29-30-31-32-33-34-35-36-37-38-39-40-41-43-45-47-49-51-53-55-57-63(67)64-61(60-71-72(68,69)70-59-58-65(3,4)5)62(66)56-54-52-50-48-46-44-42-21-19-17-15-13-11-9-7-2/h8,10,14,16,20,22,24-25,27-28,46,48,54,56,61-62,66H,6-7,9,11-13,15,17-19,21,23,26,29-45,47,49-53,55,57-60H2,1-5H3,(H-,64,67,68,69)/p+1/b10-8-,16-14-,22-20-,25-24-,28-27-,48-46+,56-54+. The van der Waals surface area contributed by atoms with Gasteiger partial charge in [0.25, 0.3) is 0 Å². The molecule has 3 atom stereocenters. The first-order valence-corrected chi connectivity index (χ1v) is 31.5. The number of allylic oxidation sites excluding steroid dienone is 13. The molecule has 0 heterocycles. The molecule has 0 rings (SSSR count). The summed E-state index contributed by atoms with van der Waals surface area (Å²) in [7, 11) is 1.55. The van der Waals surface area contributed by atoms with Crippen molar-refractivity contribution >= 4 is 13.7 Å². The van der Waals surface area contributed by atoms with Crippen LogP contribution >= 0.6 is 7.82 Å². The molecule has 0 fully saturated rings. The van der Waals surface area contributed by atoms with Crippen LogP contribution in [0.5, 0.6) is 0 Å². The van der Waals surface area contributed by atoms with E-state index >= 15 is 0 Å². The van der Waals surface area contributed by atoms with Gasteiger partial charge in [0.1, 0.15) is 13.2 Å².